The van der Waals surface area contributed by atoms with Crippen molar-refractivity contribution in [3.63, 3.8) is 0 Å². The summed E-state index contributed by atoms with van der Waals surface area (Å²) >= 11 is 0. The van der Waals surface area contributed by atoms with Crippen molar-refractivity contribution < 1.29 is 9.53 Å². The quantitative estimate of drug-likeness (QED) is 0.786. The monoisotopic (exact) mass is 358 g/mol. The molecule has 0 N–H and O–H groups in total. The summed E-state index contributed by atoms with van der Waals surface area (Å²) < 4.78 is 5.98. The third kappa shape index (κ3) is 3.10. The van der Waals surface area contributed by atoms with Crippen LogP contribution in [0.15, 0.2) is 54.9 Å². The molecule has 0 spiro atoms. The standard InChI is InChI=1S/C23H22N2O2/c26-23(27-22-15-25-10-7-17(22)8-11-25)21-13-18(12-16-4-3-9-24-14-16)19-5-1-2-6-20(19)21/h1-6,9,12-14,17,22H,7-8,10-11,15H2/b18-12-/t22-/m1/s1. The summed E-state index contributed by atoms with van der Waals surface area (Å²) in [7, 11) is 0. The van der Waals surface area contributed by atoms with Gasteiger partial charge in [-0.3, -0.25) is 9.88 Å². The van der Waals surface area contributed by atoms with Gasteiger partial charge in [0.15, 0.2) is 0 Å². The molecular weight excluding hydrogens is 336 g/mol. The summed E-state index contributed by atoms with van der Waals surface area (Å²) in [6.45, 7) is 3.16. The fourth-order valence-electron chi connectivity index (χ4n) is 4.46. The van der Waals surface area contributed by atoms with Crippen molar-refractivity contribution in [1.82, 2.24) is 9.88 Å². The van der Waals surface area contributed by atoms with Crippen LogP contribution >= 0.6 is 0 Å². The van der Waals surface area contributed by atoms with Crippen molar-refractivity contribution in [2.24, 2.45) is 5.92 Å². The molecule has 4 heteroatoms. The molecule has 1 atom stereocenters. The van der Waals surface area contributed by atoms with Gasteiger partial charge < -0.3 is 4.74 Å². The van der Waals surface area contributed by atoms with E-state index in [4.69, 9.17) is 4.74 Å². The predicted molar refractivity (Wildman–Crippen MR) is 106 cm³/mol. The van der Waals surface area contributed by atoms with Crippen molar-refractivity contribution in [3.05, 3.63) is 71.6 Å². The second-order valence-corrected chi connectivity index (χ2v) is 7.57. The lowest BCUT2D eigenvalue weighted by Crippen LogP contribution is -2.51. The van der Waals surface area contributed by atoms with Gasteiger partial charge in [-0.15, -0.1) is 0 Å². The van der Waals surface area contributed by atoms with Crippen LogP contribution in [0.4, 0.5) is 0 Å². The van der Waals surface area contributed by atoms with E-state index in [1.807, 2.05) is 42.6 Å². The van der Waals surface area contributed by atoms with Crippen LogP contribution in [0.3, 0.4) is 0 Å². The maximum absolute atomic E-state index is 13.0. The molecule has 1 aromatic heterocycles. The van der Waals surface area contributed by atoms with Crippen LogP contribution in [-0.4, -0.2) is 41.6 Å². The molecule has 2 bridgehead atoms. The summed E-state index contributed by atoms with van der Waals surface area (Å²) in [5.41, 5.74) is 4.74. The maximum Gasteiger partial charge on any atom is 0.339 e. The van der Waals surface area contributed by atoms with Gasteiger partial charge >= 0.3 is 5.97 Å². The SMILES string of the molecule is O=C(O[C@@H]1CN2CCC1CC2)C1=C/C(=C/c2cccnc2)c2ccccc21. The Morgan fingerprint density at radius 1 is 1.11 bits per heavy atom. The number of hydrogen-bond acceptors (Lipinski definition) is 4. The number of nitrogens with zero attached hydrogens (tertiary/aromatic N) is 2. The molecule has 4 heterocycles. The highest BCUT2D eigenvalue weighted by molar-refractivity contribution is 6.24. The highest BCUT2D eigenvalue weighted by Crippen LogP contribution is 2.38. The van der Waals surface area contributed by atoms with E-state index in [9.17, 15) is 4.79 Å². The van der Waals surface area contributed by atoms with E-state index in [-0.39, 0.29) is 12.1 Å². The van der Waals surface area contributed by atoms with Gasteiger partial charge in [0.05, 0.1) is 5.57 Å². The molecule has 0 saturated carbocycles. The minimum absolute atomic E-state index is 0.0272. The number of aromatic nitrogens is 1. The fraction of sp³-hybridized carbons (Fsp3) is 0.304. The van der Waals surface area contributed by atoms with Gasteiger partial charge in [-0.25, -0.2) is 4.79 Å². The molecule has 0 amide bonds. The molecule has 0 radical (unpaired) electrons. The zero-order chi connectivity index (χ0) is 18.2. The van der Waals surface area contributed by atoms with E-state index in [0.717, 1.165) is 54.7 Å². The van der Waals surface area contributed by atoms with Crippen LogP contribution in [0.2, 0.25) is 0 Å². The summed E-state index contributed by atoms with van der Waals surface area (Å²) in [5, 5.41) is 0. The van der Waals surface area contributed by atoms with Crippen LogP contribution in [0.1, 0.15) is 29.5 Å². The molecule has 6 rings (SSSR count). The molecule has 2 aromatic rings. The Bertz CT molecular complexity index is 924. The first-order valence-electron chi connectivity index (χ1n) is 9.64. The number of piperidine rings is 3. The number of ether oxygens (including phenoxy) is 1. The van der Waals surface area contributed by atoms with E-state index in [1.54, 1.807) is 6.20 Å². The van der Waals surface area contributed by atoms with E-state index >= 15 is 0 Å². The van der Waals surface area contributed by atoms with E-state index in [2.05, 4.69) is 22.0 Å². The summed E-state index contributed by atoms with van der Waals surface area (Å²) in [6, 6.07) is 12.0. The largest absolute Gasteiger partial charge is 0.457 e. The lowest BCUT2D eigenvalue weighted by Gasteiger charge is -2.43. The van der Waals surface area contributed by atoms with Crippen molar-refractivity contribution in [1.29, 1.82) is 0 Å². The second kappa shape index (κ2) is 6.78. The van der Waals surface area contributed by atoms with Gasteiger partial charge in [0, 0.05) is 18.9 Å². The van der Waals surface area contributed by atoms with Crippen LogP contribution in [0.5, 0.6) is 0 Å². The Kier molecular flexibility index (Phi) is 4.13. The summed E-state index contributed by atoms with van der Waals surface area (Å²) in [5.74, 6) is 0.317. The number of fused-ring (bicyclic) bond motifs is 4. The highest BCUT2D eigenvalue weighted by Gasteiger charge is 2.37. The zero-order valence-corrected chi connectivity index (χ0v) is 15.2. The number of benzene rings is 1. The topological polar surface area (TPSA) is 42.4 Å². The first-order valence-corrected chi connectivity index (χ1v) is 9.64. The molecule has 1 aromatic carbocycles. The molecular formula is C23H22N2O2. The predicted octanol–water partition coefficient (Wildman–Crippen LogP) is 3.66. The normalized spacial score (nSPS) is 27.3. The minimum Gasteiger partial charge on any atom is -0.457 e. The van der Waals surface area contributed by atoms with Crippen molar-refractivity contribution in [2.45, 2.75) is 18.9 Å². The third-order valence-electron chi connectivity index (χ3n) is 5.91. The maximum atomic E-state index is 13.0. The number of carbonyl (C=O) groups is 1. The average molecular weight is 358 g/mol. The molecule has 3 fully saturated rings. The number of hydrogen-bond donors (Lipinski definition) is 0. The molecule has 27 heavy (non-hydrogen) atoms. The lowest BCUT2D eigenvalue weighted by molar-refractivity contribution is -0.151. The average Bonchev–Trinajstić information content (AvgIpc) is 3.08. The minimum atomic E-state index is -0.198. The van der Waals surface area contributed by atoms with Gasteiger partial charge in [-0.1, -0.05) is 30.3 Å². The van der Waals surface area contributed by atoms with Gasteiger partial charge in [0.2, 0.25) is 0 Å². The molecule has 136 valence electrons. The second-order valence-electron chi connectivity index (χ2n) is 7.57. The van der Waals surface area contributed by atoms with E-state index in [1.165, 1.54) is 0 Å². The van der Waals surface area contributed by atoms with Crippen molar-refractivity contribution in [3.8, 4) is 0 Å². The first kappa shape index (κ1) is 16.5. The number of carbonyl (C=O) groups excluding carboxylic acids is 1. The van der Waals surface area contributed by atoms with E-state index in [0.29, 0.717) is 11.5 Å². The van der Waals surface area contributed by atoms with Gasteiger partial charge in [-0.2, -0.15) is 0 Å². The van der Waals surface area contributed by atoms with Gasteiger partial charge in [0.1, 0.15) is 6.10 Å². The van der Waals surface area contributed by atoms with Gasteiger partial charge in [-0.05, 0) is 72.3 Å². The summed E-state index contributed by atoms with van der Waals surface area (Å²) in [4.78, 5) is 19.6. The summed E-state index contributed by atoms with van der Waals surface area (Å²) in [6.07, 6.45) is 9.92. The van der Waals surface area contributed by atoms with Crippen LogP contribution in [0.25, 0.3) is 17.2 Å². The fourth-order valence-corrected chi connectivity index (χ4v) is 4.46. The first-order chi connectivity index (χ1) is 13.3. The number of allylic oxidation sites excluding steroid dienone is 2. The number of rotatable bonds is 3. The molecule has 4 nitrogen and oxygen atoms in total. The third-order valence-corrected chi connectivity index (χ3v) is 5.91. The Morgan fingerprint density at radius 2 is 1.93 bits per heavy atom. The molecule has 0 unspecified atom stereocenters. The van der Waals surface area contributed by atoms with Crippen LogP contribution < -0.4 is 0 Å². The van der Waals surface area contributed by atoms with Gasteiger partial charge in [0.25, 0.3) is 0 Å². The number of esters is 1. The van der Waals surface area contributed by atoms with Crippen LogP contribution in [0, 0.1) is 5.92 Å². The Labute approximate surface area is 159 Å². The molecule has 1 aliphatic carbocycles. The van der Waals surface area contributed by atoms with Crippen molar-refractivity contribution >= 4 is 23.2 Å². The Hall–Kier alpha value is -2.72. The molecule has 3 aliphatic heterocycles. The Balaban J connectivity index is 1.44. The Morgan fingerprint density at radius 3 is 2.63 bits per heavy atom. The van der Waals surface area contributed by atoms with Crippen LogP contribution in [-0.2, 0) is 9.53 Å². The highest BCUT2D eigenvalue weighted by atomic mass is 16.5. The van der Waals surface area contributed by atoms with E-state index < -0.39 is 0 Å². The smallest absolute Gasteiger partial charge is 0.339 e. The lowest BCUT2D eigenvalue weighted by atomic mass is 9.86. The molecule has 4 aliphatic rings. The molecule has 3 saturated heterocycles. The van der Waals surface area contributed by atoms with Crippen molar-refractivity contribution in [2.75, 3.05) is 19.6 Å². The number of pyridine rings is 1. The zero-order valence-electron chi connectivity index (χ0n) is 15.2.